The zero-order valence-electron chi connectivity index (χ0n) is 29.7. The second-order valence-electron chi connectivity index (χ2n) is 12.8. The Hall–Kier alpha value is -4.68. The van der Waals surface area contributed by atoms with Crippen LogP contribution in [0.1, 0.15) is 60.3 Å². The number of fused-ring (bicyclic) bond motifs is 1. The molecule has 16 nitrogen and oxygen atoms in total. The molecule has 1 fully saturated rings. The van der Waals surface area contributed by atoms with E-state index in [1.165, 1.54) is 29.9 Å². The van der Waals surface area contributed by atoms with E-state index in [2.05, 4.69) is 20.2 Å². The molecule has 1 aliphatic heterocycles. The summed E-state index contributed by atoms with van der Waals surface area (Å²) in [7, 11) is -3.37. The van der Waals surface area contributed by atoms with E-state index in [4.69, 9.17) is 28.0 Å². The van der Waals surface area contributed by atoms with Crippen LogP contribution >= 0.6 is 7.75 Å². The number of esters is 3. The van der Waals surface area contributed by atoms with E-state index < -0.39 is 74.1 Å². The number of hydrogen-bond acceptors (Lipinski definition) is 14. The molecule has 0 spiro atoms. The summed E-state index contributed by atoms with van der Waals surface area (Å²) in [5.74, 6) is -2.86. The summed E-state index contributed by atoms with van der Waals surface area (Å²) >= 11 is 0. The number of carbonyl (C=O) groups excluding carboxylic acids is 3. The predicted molar refractivity (Wildman–Crippen MR) is 183 cm³/mol. The molecule has 1 saturated heterocycles. The maximum atomic E-state index is 14.3. The van der Waals surface area contributed by atoms with Gasteiger partial charge in [0.2, 0.25) is 5.60 Å². The third-order valence-corrected chi connectivity index (χ3v) is 9.22. The monoisotopic (exact) mass is 726 g/mol. The van der Waals surface area contributed by atoms with Crippen molar-refractivity contribution >= 4 is 43.2 Å². The predicted octanol–water partition coefficient (Wildman–Crippen LogP) is 4.91. The SMILES string of the molecule is COC(=O)[C@H](C)N[P@](=O)(OC[C@@]1(C#N)O[C@@H](c2ccc3c(N=CC(C)C)ncnn23)[C@H](OC(=O)C(C)C)[C@@H]1OC(=O)C(C)C)Oc1ccccc1. The standard InChI is InChI=1S/C34H43N6O10P/c1-20(2)16-36-30-26-15-14-25(40(26)38-19-37-30)27-28(47-31(41)21(3)4)29(48-32(42)22(5)6)34(17-35,49-27)18-46-51(44,39-23(7)33(43)45-8)50-24-12-10-9-11-13-24/h9-16,19-23,27-29H,18H2,1-8H3,(H,39,44)/t23-,27-,28-,29-,34+,51-/m0/s1. The summed E-state index contributed by atoms with van der Waals surface area (Å²) in [6.45, 7) is 10.9. The number of hydrogen-bond donors (Lipinski definition) is 1. The molecule has 51 heavy (non-hydrogen) atoms. The van der Waals surface area contributed by atoms with Crippen molar-refractivity contribution in [3.63, 3.8) is 0 Å². The fraction of sp³-hybridized carbons (Fsp3) is 0.500. The van der Waals surface area contributed by atoms with Gasteiger partial charge in [0.25, 0.3) is 0 Å². The number of methoxy groups -OCH3 is 1. The van der Waals surface area contributed by atoms with Gasteiger partial charge in [-0.05, 0) is 37.1 Å². The number of nitriles is 1. The molecule has 0 amide bonds. The molecule has 0 bridgehead atoms. The Labute approximate surface area is 296 Å². The number of nitrogens with one attached hydrogen (secondary N) is 1. The van der Waals surface area contributed by atoms with Gasteiger partial charge in [-0.3, -0.25) is 18.9 Å². The third-order valence-electron chi connectivity index (χ3n) is 7.59. The van der Waals surface area contributed by atoms with Crippen molar-refractivity contribution in [2.75, 3.05) is 13.7 Å². The van der Waals surface area contributed by atoms with Crippen LogP contribution in [0.2, 0.25) is 0 Å². The van der Waals surface area contributed by atoms with Crippen LogP contribution in [0.25, 0.3) is 5.52 Å². The van der Waals surface area contributed by atoms with Gasteiger partial charge < -0.3 is 23.5 Å². The summed E-state index contributed by atoms with van der Waals surface area (Å²) in [4.78, 5) is 47.4. The first-order chi connectivity index (χ1) is 24.1. The Balaban J connectivity index is 1.84. The Morgan fingerprint density at radius 2 is 1.71 bits per heavy atom. The van der Waals surface area contributed by atoms with E-state index in [0.717, 1.165) is 7.11 Å². The second kappa shape index (κ2) is 16.6. The van der Waals surface area contributed by atoms with Gasteiger partial charge in [-0.1, -0.05) is 59.7 Å². The molecule has 0 unspecified atom stereocenters. The number of aromatic nitrogens is 3. The van der Waals surface area contributed by atoms with E-state index in [1.807, 2.05) is 19.9 Å². The highest BCUT2D eigenvalue weighted by Gasteiger charge is 2.62. The van der Waals surface area contributed by atoms with Crippen molar-refractivity contribution < 1.29 is 46.9 Å². The van der Waals surface area contributed by atoms with Crippen LogP contribution in [-0.2, 0) is 42.4 Å². The van der Waals surface area contributed by atoms with E-state index >= 15 is 0 Å². The van der Waals surface area contributed by atoms with Gasteiger partial charge in [-0.2, -0.15) is 15.4 Å². The van der Waals surface area contributed by atoms with Crippen molar-refractivity contribution in [1.82, 2.24) is 19.7 Å². The number of ether oxygens (including phenoxy) is 4. The molecule has 0 radical (unpaired) electrons. The van der Waals surface area contributed by atoms with Crippen molar-refractivity contribution in [3.05, 3.63) is 54.5 Å². The first-order valence-electron chi connectivity index (χ1n) is 16.3. The van der Waals surface area contributed by atoms with Crippen LogP contribution in [0.5, 0.6) is 5.75 Å². The van der Waals surface area contributed by atoms with Gasteiger partial charge in [0, 0.05) is 6.21 Å². The van der Waals surface area contributed by atoms with Crippen molar-refractivity contribution in [1.29, 1.82) is 5.26 Å². The largest absolute Gasteiger partial charge is 0.468 e. The number of rotatable bonds is 15. The van der Waals surface area contributed by atoms with E-state index in [1.54, 1.807) is 64.2 Å². The first kappa shape index (κ1) is 39.1. The molecule has 4 rings (SSSR count). The topological polar surface area (TPSA) is 202 Å². The van der Waals surface area contributed by atoms with Crippen LogP contribution in [0.3, 0.4) is 0 Å². The van der Waals surface area contributed by atoms with Gasteiger partial charge in [0.05, 0.1) is 24.6 Å². The van der Waals surface area contributed by atoms with E-state index in [0.29, 0.717) is 17.0 Å². The van der Waals surface area contributed by atoms with Crippen LogP contribution in [0, 0.1) is 29.1 Å². The summed E-state index contributed by atoms with van der Waals surface area (Å²) in [6, 6.07) is 12.2. The normalized spacial score (nSPS) is 22.2. The average Bonchev–Trinajstić information content (AvgIpc) is 3.65. The summed E-state index contributed by atoms with van der Waals surface area (Å²) < 4.78 is 50.4. The molecule has 1 aliphatic rings. The Bertz CT molecular complexity index is 1820. The minimum atomic E-state index is -4.53. The lowest BCUT2D eigenvalue weighted by Gasteiger charge is -2.31. The van der Waals surface area contributed by atoms with E-state index in [-0.39, 0.29) is 11.7 Å². The zero-order chi connectivity index (χ0) is 37.5. The molecule has 1 N–H and O–H groups in total. The number of nitrogens with zero attached hydrogens (tertiary/aromatic N) is 5. The quantitative estimate of drug-likeness (QED) is 0.0958. The summed E-state index contributed by atoms with van der Waals surface area (Å²) in [6.07, 6.45) is -1.30. The smallest absolute Gasteiger partial charge is 0.459 e. The van der Waals surface area contributed by atoms with Crippen LogP contribution < -0.4 is 9.61 Å². The van der Waals surface area contributed by atoms with Gasteiger partial charge in [-0.25, -0.2) is 19.1 Å². The van der Waals surface area contributed by atoms with Gasteiger partial charge in [-0.15, -0.1) is 0 Å². The number of para-hydroxylation sites is 1. The summed E-state index contributed by atoms with van der Waals surface area (Å²) in [5, 5.41) is 17.7. The average molecular weight is 727 g/mol. The number of carbonyl (C=O) groups is 3. The minimum Gasteiger partial charge on any atom is -0.468 e. The number of benzene rings is 1. The second-order valence-corrected chi connectivity index (χ2v) is 14.5. The molecular weight excluding hydrogens is 683 g/mol. The molecule has 2 aromatic heterocycles. The molecule has 3 heterocycles. The molecule has 0 aliphatic carbocycles. The highest BCUT2D eigenvalue weighted by Crippen LogP contribution is 2.50. The lowest BCUT2D eigenvalue weighted by molar-refractivity contribution is -0.173. The lowest BCUT2D eigenvalue weighted by Crippen LogP contribution is -2.50. The zero-order valence-corrected chi connectivity index (χ0v) is 30.6. The van der Waals surface area contributed by atoms with Crippen molar-refractivity contribution in [2.24, 2.45) is 22.7 Å². The van der Waals surface area contributed by atoms with Crippen molar-refractivity contribution in [3.8, 4) is 11.8 Å². The van der Waals surface area contributed by atoms with Gasteiger partial charge >= 0.3 is 25.7 Å². The maximum absolute atomic E-state index is 14.3. The van der Waals surface area contributed by atoms with Crippen LogP contribution in [0.4, 0.5) is 5.82 Å². The first-order valence-corrected chi connectivity index (χ1v) is 17.9. The summed E-state index contributed by atoms with van der Waals surface area (Å²) in [5.41, 5.74) is -1.47. The fourth-order valence-electron chi connectivity index (χ4n) is 4.90. The molecule has 6 atom stereocenters. The van der Waals surface area contributed by atoms with E-state index in [9.17, 15) is 24.2 Å². The van der Waals surface area contributed by atoms with Crippen LogP contribution in [-0.4, -0.2) is 76.3 Å². The highest BCUT2D eigenvalue weighted by molar-refractivity contribution is 7.52. The fourth-order valence-corrected chi connectivity index (χ4v) is 6.42. The molecule has 3 aromatic rings. The molecule has 0 saturated carbocycles. The minimum absolute atomic E-state index is 0.114. The Morgan fingerprint density at radius 3 is 2.31 bits per heavy atom. The van der Waals surface area contributed by atoms with Gasteiger partial charge in [0.15, 0.2) is 18.0 Å². The highest BCUT2D eigenvalue weighted by atomic mass is 31.2. The van der Waals surface area contributed by atoms with Gasteiger partial charge in [0.1, 0.15) is 42.4 Å². The maximum Gasteiger partial charge on any atom is 0.459 e. The van der Waals surface area contributed by atoms with Crippen molar-refractivity contribution in [2.45, 2.75) is 78.4 Å². The van der Waals surface area contributed by atoms with Crippen LogP contribution in [0.15, 0.2) is 53.8 Å². The Morgan fingerprint density at radius 1 is 1.04 bits per heavy atom. The molecule has 17 heteroatoms. The Kier molecular flexibility index (Phi) is 12.7. The molecule has 1 aromatic carbocycles. The lowest BCUT2D eigenvalue weighted by atomic mass is 9.95. The number of aliphatic imine (C=N–C) groups is 1. The molecule has 274 valence electrons. The third kappa shape index (κ3) is 9.17. The molecular formula is C34H43N6O10P.